The monoisotopic (exact) mass is 245 g/mol. The molecule has 0 spiro atoms. The first-order valence-electron chi connectivity index (χ1n) is 5.80. The number of ether oxygens (including phenoxy) is 1. The van der Waals surface area contributed by atoms with Crippen molar-refractivity contribution in [3.63, 3.8) is 0 Å². The average molecular weight is 245 g/mol. The van der Waals surface area contributed by atoms with E-state index in [2.05, 4.69) is 6.07 Å². The van der Waals surface area contributed by atoms with Crippen molar-refractivity contribution in [2.45, 2.75) is 20.5 Å². The van der Waals surface area contributed by atoms with Crippen LogP contribution in [0.2, 0.25) is 0 Å². The van der Waals surface area contributed by atoms with Crippen LogP contribution in [-0.2, 0) is 6.61 Å². The number of nitrogens with two attached hydrogens (primary N) is 1. The first kappa shape index (κ1) is 12.4. The summed E-state index contributed by atoms with van der Waals surface area (Å²) in [6, 6.07) is 10.3. The fourth-order valence-corrected chi connectivity index (χ4v) is 1.81. The van der Waals surface area contributed by atoms with Gasteiger partial charge in [0.15, 0.2) is 0 Å². The highest BCUT2D eigenvalue weighted by Crippen LogP contribution is 2.21. The first-order chi connectivity index (χ1) is 8.56. The van der Waals surface area contributed by atoms with Crippen molar-refractivity contribution in [2.75, 3.05) is 5.73 Å². The molecule has 2 nitrogen and oxygen atoms in total. The van der Waals surface area contributed by atoms with Gasteiger partial charge in [-0.3, -0.25) is 0 Å². The van der Waals surface area contributed by atoms with E-state index < -0.39 is 0 Å². The van der Waals surface area contributed by atoms with Gasteiger partial charge < -0.3 is 10.5 Å². The molecule has 0 unspecified atom stereocenters. The van der Waals surface area contributed by atoms with Crippen LogP contribution >= 0.6 is 0 Å². The summed E-state index contributed by atoms with van der Waals surface area (Å²) in [4.78, 5) is 0. The lowest BCUT2D eigenvalue weighted by Gasteiger charge is -2.11. The van der Waals surface area contributed by atoms with E-state index in [-0.39, 0.29) is 5.82 Å². The third-order valence-corrected chi connectivity index (χ3v) is 2.82. The number of halogens is 1. The second-order valence-electron chi connectivity index (χ2n) is 4.40. The summed E-state index contributed by atoms with van der Waals surface area (Å²) in [6.07, 6.45) is 0. The van der Waals surface area contributed by atoms with Gasteiger partial charge >= 0.3 is 0 Å². The van der Waals surface area contributed by atoms with Crippen molar-refractivity contribution in [1.82, 2.24) is 0 Å². The lowest BCUT2D eigenvalue weighted by atomic mass is 10.1. The average Bonchev–Trinajstić information content (AvgIpc) is 2.30. The molecule has 18 heavy (non-hydrogen) atoms. The Morgan fingerprint density at radius 1 is 1.11 bits per heavy atom. The number of benzene rings is 2. The molecule has 0 aromatic heterocycles. The van der Waals surface area contributed by atoms with Crippen LogP contribution in [0, 0.1) is 19.7 Å². The Morgan fingerprint density at radius 3 is 2.56 bits per heavy atom. The molecule has 2 aromatic carbocycles. The number of anilines is 1. The second-order valence-corrected chi connectivity index (χ2v) is 4.40. The van der Waals surface area contributed by atoms with Crippen molar-refractivity contribution in [2.24, 2.45) is 0 Å². The van der Waals surface area contributed by atoms with E-state index in [9.17, 15) is 4.39 Å². The largest absolute Gasteiger partial charge is 0.489 e. The summed E-state index contributed by atoms with van der Waals surface area (Å²) < 4.78 is 18.6. The molecular weight excluding hydrogens is 229 g/mol. The Kier molecular flexibility index (Phi) is 3.51. The minimum Gasteiger partial charge on any atom is -0.489 e. The molecule has 3 heteroatoms. The molecule has 0 fully saturated rings. The van der Waals surface area contributed by atoms with Gasteiger partial charge in [-0.2, -0.15) is 0 Å². The number of aryl methyl sites for hydroxylation is 2. The second kappa shape index (κ2) is 5.08. The molecule has 0 bridgehead atoms. The van der Waals surface area contributed by atoms with E-state index in [1.165, 1.54) is 17.7 Å². The van der Waals surface area contributed by atoms with Gasteiger partial charge in [-0.25, -0.2) is 4.39 Å². The number of hydrogen-bond acceptors (Lipinski definition) is 2. The minimum absolute atomic E-state index is 0.331. The standard InChI is InChI=1S/C15H16FNO/c1-10-3-6-15(11(2)7-10)18-9-12-4-5-13(16)8-14(12)17/h3-8H,9,17H2,1-2H3. The van der Waals surface area contributed by atoms with E-state index >= 15 is 0 Å². The highest BCUT2D eigenvalue weighted by molar-refractivity contribution is 5.47. The van der Waals surface area contributed by atoms with Crippen molar-refractivity contribution >= 4 is 5.69 Å². The van der Waals surface area contributed by atoms with Crippen LogP contribution in [0.3, 0.4) is 0 Å². The van der Waals surface area contributed by atoms with Crippen LogP contribution in [0.1, 0.15) is 16.7 Å². The van der Waals surface area contributed by atoms with Gasteiger partial charge in [-0.15, -0.1) is 0 Å². The molecule has 94 valence electrons. The maximum absolute atomic E-state index is 12.9. The summed E-state index contributed by atoms with van der Waals surface area (Å²) in [5, 5.41) is 0. The SMILES string of the molecule is Cc1ccc(OCc2ccc(F)cc2N)c(C)c1. The molecule has 0 saturated heterocycles. The lowest BCUT2D eigenvalue weighted by Crippen LogP contribution is -2.01. The first-order valence-corrected chi connectivity index (χ1v) is 5.80. The van der Waals surface area contributed by atoms with Gasteiger partial charge in [0, 0.05) is 11.3 Å². The molecule has 2 aromatic rings. The summed E-state index contributed by atoms with van der Waals surface area (Å²) >= 11 is 0. The molecule has 0 atom stereocenters. The predicted octanol–water partition coefficient (Wildman–Crippen LogP) is 3.60. The molecule has 2 rings (SSSR count). The predicted molar refractivity (Wildman–Crippen MR) is 71.1 cm³/mol. The van der Waals surface area contributed by atoms with Crippen LogP contribution in [0.15, 0.2) is 36.4 Å². The van der Waals surface area contributed by atoms with Gasteiger partial charge in [-0.1, -0.05) is 23.8 Å². The lowest BCUT2D eigenvalue weighted by molar-refractivity contribution is 0.304. The van der Waals surface area contributed by atoms with Crippen LogP contribution in [0.4, 0.5) is 10.1 Å². The van der Waals surface area contributed by atoms with Crippen molar-refractivity contribution in [3.05, 3.63) is 58.9 Å². The quantitative estimate of drug-likeness (QED) is 0.838. The molecule has 0 aliphatic carbocycles. The summed E-state index contributed by atoms with van der Waals surface area (Å²) in [6.45, 7) is 4.38. The Bertz CT molecular complexity index is 515. The van der Waals surface area contributed by atoms with E-state index in [0.717, 1.165) is 16.9 Å². The number of nitrogen functional groups attached to an aromatic ring is 1. The van der Waals surface area contributed by atoms with Gasteiger partial charge in [-0.05, 0) is 37.6 Å². The normalized spacial score (nSPS) is 10.4. The zero-order valence-corrected chi connectivity index (χ0v) is 10.5. The van der Waals surface area contributed by atoms with Crippen molar-refractivity contribution < 1.29 is 9.13 Å². The topological polar surface area (TPSA) is 35.2 Å². The maximum atomic E-state index is 12.9. The molecule has 0 aliphatic heterocycles. The summed E-state index contributed by atoms with van der Waals surface area (Å²) in [5.74, 6) is 0.493. The summed E-state index contributed by atoms with van der Waals surface area (Å²) in [7, 11) is 0. The Labute approximate surface area is 106 Å². The number of rotatable bonds is 3. The highest BCUT2D eigenvalue weighted by Gasteiger charge is 2.04. The fourth-order valence-electron chi connectivity index (χ4n) is 1.81. The Hall–Kier alpha value is -2.03. The van der Waals surface area contributed by atoms with Gasteiger partial charge in [0.25, 0.3) is 0 Å². The third-order valence-electron chi connectivity index (χ3n) is 2.82. The number of hydrogen-bond donors (Lipinski definition) is 1. The fraction of sp³-hybridized carbons (Fsp3) is 0.200. The molecule has 2 N–H and O–H groups in total. The highest BCUT2D eigenvalue weighted by atomic mass is 19.1. The van der Waals surface area contributed by atoms with Crippen LogP contribution in [0.5, 0.6) is 5.75 Å². The zero-order chi connectivity index (χ0) is 13.1. The van der Waals surface area contributed by atoms with Gasteiger partial charge in [0.1, 0.15) is 18.2 Å². The van der Waals surface area contributed by atoms with Crippen LogP contribution < -0.4 is 10.5 Å². The molecule has 0 amide bonds. The Balaban J connectivity index is 2.11. The van der Waals surface area contributed by atoms with E-state index in [0.29, 0.717) is 12.3 Å². The van der Waals surface area contributed by atoms with E-state index in [1.54, 1.807) is 6.07 Å². The molecular formula is C15H16FNO. The molecule has 0 radical (unpaired) electrons. The molecule has 0 saturated carbocycles. The smallest absolute Gasteiger partial charge is 0.125 e. The van der Waals surface area contributed by atoms with E-state index in [4.69, 9.17) is 10.5 Å². The third kappa shape index (κ3) is 2.80. The van der Waals surface area contributed by atoms with Gasteiger partial charge in [0.2, 0.25) is 0 Å². The van der Waals surface area contributed by atoms with Crippen LogP contribution in [-0.4, -0.2) is 0 Å². The minimum atomic E-state index is -0.331. The summed E-state index contributed by atoms with van der Waals surface area (Å²) in [5.41, 5.74) is 9.21. The van der Waals surface area contributed by atoms with Crippen molar-refractivity contribution in [1.29, 1.82) is 0 Å². The van der Waals surface area contributed by atoms with Gasteiger partial charge in [0.05, 0.1) is 0 Å². The molecule has 0 heterocycles. The van der Waals surface area contributed by atoms with Crippen LogP contribution in [0.25, 0.3) is 0 Å². The Morgan fingerprint density at radius 2 is 1.89 bits per heavy atom. The van der Waals surface area contributed by atoms with E-state index in [1.807, 2.05) is 26.0 Å². The van der Waals surface area contributed by atoms with Crippen molar-refractivity contribution in [3.8, 4) is 5.75 Å². The maximum Gasteiger partial charge on any atom is 0.125 e. The zero-order valence-electron chi connectivity index (χ0n) is 10.5. The molecule has 0 aliphatic rings.